The van der Waals surface area contributed by atoms with Gasteiger partial charge in [0.1, 0.15) is 0 Å². The predicted octanol–water partition coefficient (Wildman–Crippen LogP) is 3.14. The molecule has 1 unspecified atom stereocenters. The number of carbonyl (C=O) groups is 1. The highest BCUT2D eigenvalue weighted by Gasteiger charge is 2.34. The zero-order valence-corrected chi connectivity index (χ0v) is 19.8. The summed E-state index contributed by atoms with van der Waals surface area (Å²) in [6.45, 7) is 6.52. The van der Waals surface area contributed by atoms with E-state index in [0.717, 1.165) is 12.8 Å². The first-order valence-corrected chi connectivity index (χ1v) is 13.4. The summed E-state index contributed by atoms with van der Waals surface area (Å²) in [5.74, 6) is 0.0508. The van der Waals surface area contributed by atoms with Gasteiger partial charge in [0.05, 0.1) is 28.2 Å². The number of sulfone groups is 1. The summed E-state index contributed by atoms with van der Waals surface area (Å²) >= 11 is 7.23. The van der Waals surface area contributed by atoms with E-state index in [0.29, 0.717) is 34.0 Å². The van der Waals surface area contributed by atoms with Crippen LogP contribution in [0.4, 0.5) is 0 Å². The minimum absolute atomic E-state index is 0.0149. The highest BCUT2D eigenvalue weighted by Crippen LogP contribution is 2.23. The number of hydrogen-bond acceptors (Lipinski definition) is 6. The van der Waals surface area contributed by atoms with Gasteiger partial charge in [-0.3, -0.25) is 14.2 Å². The molecule has 1 aliphatic rings. The van der Waals surface area contributed by atoms with Crippen LogP contribution in [0.25, 0.3) is 10.9 Å². The summed E-state index contributed by atoms with van der Waals surface area (Å²) in [6.07, 6.45) is 3.78. The average molecular weight is 484 g/mol. The largest absolute Gasteiger partial charge is 0.338 e. The molecular weight excluding hydrogens is 458 g/mol. The molecule has 0 radical (unpaired) electrons. The van der Waals surface area contributed by atoms with Gasteiger partial charge in [0.25, 0.3) is 5.56 Å². The van der Waals surface area contributed by atoms with Crippen LogP contribution in [-0.4, -0.2) is 58.6 Å². The Bertz CT molecular complexity index is 1150. The molecule has 0 spiro atoms. The van der Waals surface area contributed by atoms with Crippen molar-refractivity contribution in [2.75, 3.05) is 23.8 Å². The highest BCUT2D eigenvalue weighted by molar-refractivity contribution is 7.99. The van der Waals surface area contributed by atoms with E-state index < -0.39 is 9.84 Å². The second-order valence-electron chi connectivity index (χ2n) is 7.55. The Hall–Kier alpha value is -1.84. The molecule has 0 bridgehead atoms. The van der Waals surface area contributed by atoms with Crippen molar-refractivity contribution in [3.8, 4) is 0 Å². The summed E-state index contributed by atoms with van der Waals surface area (Å²) in [7, 11) is -3.10. The van der Waals surface area contributed by atoms with E-state index in [1.807, 2.05) is 6.92 Å². The molecule has 1 saturated heterocycles. The SMILES string of the molecule is C=CCn1c(SCC(=O)N(CCCC)C2CCS(=O)(=O)C2)nc2cc(Cl)ccc2c1=O. The van der Waals surface area contributed by atoms with E-state index in [1.165, 1.54) is 16.3 Å². The van der Waals surface area contributed by atoms with Crippen molar-refractivity contribution in [3.63, 3.8) is 0 Å². The van der Waals surface area contributed by atoms with Gasteiger partial charge >= 0.3 is 0 Å². The Kier molecular flexibility index (Phi) is 7.82. The van der Waals surface area contributed by atoms with Crippen LogP contribution in [0.5, 0.6) is 0 Å². The number of allylic oxidation sites excluding steroid dienone is 1. The van der Waals surface area contributed by atoms with E-state index in [-0.39, 0.29) is 41.3 Å². The third kappa shape index (κ3) is 5.70. The summed E-state index contributed by atoms with van der Waals surface area (Å²) in [4.78, 5) is 32.2. The number of benzene rings is 1. The maximum atomic E-state index is 13.0. The van der Waals surface area contributed by atoms with Crippen LogP contribution in [0.2, 0.25) is 5.02 Å². The Morgan fingerprint density at radius 2 is 2.23 bits per heavy atom. The minimum Gasteiger partial charge on any atom is -0.338 e. The Balaban J connectivity index is 1.85. The van der Waals surface area contributed by atoms with Crippen molar-refractivity contribution in [1.82, 2.24) is 14.5 Å². The van der Waals surface area contributed by atoms with Gasteiger partial charge in [-0.1, -0.05) is 42.8 Å². The standard InChI is InChI=1S/C21H26ClN3O4S2/c1-3-5-10-24(16-8-11-31(28,29)14-16)19(26)13-30-21-23-18-12-15(22)6-7-17(18)20(27)25(21)9-4-2/h4,6-7,12,16H,2-3,5,8-11,13-14H2,1H3. The normalized spacial score (nSPS) is 17.7. The molecule has 7 nitrogen and oxygen atoms in total. The zero-order valence-electron chi connectivity index (χ0n) is 17.4. The molecule has 1 amide bonds. The summed E-state index contributed by atoms with van der Waals surface area (Å²) < 4.78 is 25.3. The van der Waals surface area contributed by atoms with Gasteiger partial charge < -0.3 is 4.90 Å². The monoisotopic (exact) mass is 483 g/mol. The minimum atomic E-state index is -3.10. The third-order valence-corrected chi connectivity index (χ3v) is 8.19. The zero-order chi connectivity index (χ0) is 22.6. The molecule has 1 aromatic carbocycles. The van der Waals surface area contributed by atoms with Crippen molar-refractivity contribution < 1.29 is 13.2 Å². The molecule has 10 heteroatoms. The summed E-state index contributed by atoms with van der Waals surface area (Å²) in [5.41, 5.74) is 0.249. The quantitative estimate of drug-likeness (QED) is 0.309. The Morgan fingerprint density at radius 1 is 1.45 bits per heavy atom. The van der Waals surface area contributed by atoms with Gasteiger partial charge in [-0.15, -0.1) is 6.58 Å². The van der Waals surface area contributed by atoms with Gasteiger partial charge in [0, 0.05) is 24.2 Å². The average Bonchev–Trinajstić information content (AvgIpc) is 3.08. The maximum Gasteiger partial charge on any atom is 0.262 e. The predicted molar refractivity (Wildman–Crippen MR) is 126 cm³/mol. The van der Waals surface area contributed by atoms with Crippen molar-refractivity contribution >= 4 is 50.0 Å². The molecule has 1 aromatic heterocycles. The van der Waals surface area contributed by atoms with Crippen LogP contribution in [0.3, 0.4) is 0 Å². The van der Waals surface area contributed by atoms with E-state index in [4.69, 9.17) is 11.6 Å². The van der Waals surface area contributed by atoms with Crippen LogP contribution in [-0.2, 0) is 21.2 Å². The fourth-order valence-corrected chi connectivity index (χ4v) is 6.44. The first-order chi connectivity index (χ1) is 14.8. The van der Waals surface area contributed by atoms with Crippen molar-refractivity contribution in [1.29, 1.82) is 0 Å². The Morgan fingerprint density at radius 3 is 2.87 bits per heavy atom. The van der Waals surface area contributed by atoms with Crippen LogP contribution in [0.15, 0.2) is 40.8 Å². The van der Waals surface area contributed by atoms with Gasteiger partial charge in [0.15, 0.2) is 15.0 Å². The van der Waals surface area contributed by atoms with E-state index in [1.54, 1.807) is 29.2 Å². The number of carbonyl (C=O) groups excluding carboxylic acids is 1. The van der Waals surface area contributed by atoms with Gasteiger partial charge in [-0.25, -0.2) is 13.4 Å². The maximum absolute atomic E-state index is 13.0. The lowest BCUT2D eigenvalue weighted by atomic mass is 10.2. The van der Waals surface area contributed by atoms with Gasteiger partial charge in [-0.05, 0) is 31.0 Å². The second-order valence-corrected chi connectivity index (χ2v) is 11.2. The van der Waals surface area contributed by atoms with E-state index in [2.05, 4.69) is 11.6 Å². The molecular formula is C21H26ClN3O4S2. The first-order valence-electron chi connectivity index (χ1n) is 10.2. The molecule has 2 heterocycles. The lowest BCUT2D eigenvalue weighted by molar-refractivity contribution is -0.130. The Labute approximate surface area is 191 Å². The molecule has 0 saturated carbocycles. The van der Waals surface area contributed by atoms with Crippen molar-refractivity contribution in [2.24, 2.45) is 0 Å². The molecule has 0 N–H and O–H groups in total. The number of nitrogens with zero attached hydrogens (tertiary/aromatic N) is 3. The van der Waals surface area contributed by atoms with Crippen LogP contribution >= 0.6 is 23.4 Å². The summed E-state index contributed by atoms with van der Waals surface area (Å²) in [6, 6.07) is 4.62. The van der Waals surface area contributed by atoms with E-state index in [9.17, 15) is 18.0 Å². The molecule has 2 aromatic rings. The molecule has 3 rings (SSSR count). The fraction of sp³-hybridized carbons (Fsp3) is 0.476. The van der Waals surface area contributed by atoms with Gasteiger partial charge in [-0.2, -0.15) is 0 Å². The van der Waals surface area contributed by atoms with Crippen molar-refractivity contribution in [3.05, 3.63) is 46.2 Å². The first kappa shape index (κ1) is 23.8. The number of rotatable bonds is 9. The number of amides is 1. The van der Waals surface area contributed by atoms with Crippen LogP contribution in [0.1, 0.15) is 26.2 Å². The topological polar surface area (TPSA) is 89.3 Å². The molecule has 168 valence electrons. The van der Waals surface area contributed by atoms with Crippen LogP contribution in [0, 0.1) is 0 Å². The van der Waals surface area contributed by atoms with Gasteiger partial charge in [0.2, 0.25) is 5.91 Å². The third-order valence-electron chi connectivity index (χ3n) is 5.24. The second kappa shape index (κ2) is 10.2. The van der Waals surface area contributed by atoms with E-state index >= 15 is 0 Å². The number of hydrogen-bond donors (Lipinski definition) is 0. The number of unbranched alkanes of at least 4 members (excludes halogenated alkanes) is 1. The number of halogens is 1. The molecule has 0 aliphatic carbocycles. The lowest BCUT2D eigenvalue weighted by Gasteiger charge is -2.28. The highest BCUT2D eigenvalue weighted by atomic mass is 35.5. The molecule has 1 atom stereocenters. The fourth-order valence-electron chi connectivity index (χ4n) is 3.64. The number of fused-ring (bicyclic) bond motifs is 1. The molecule has 1 aliphatic heterocycles. The van der Waals surface area contributed by atoms with Crippen molar-refractivity contribution in [2.45, 2.75) is 43.9 Å². The molecule has 31 heavy (non-hydrogen) atoms. The lowest BCUT2D eigenvalue weighted by Crippen LogP contribution is -2.42. The van der Waals surface area contributed by atoms with Crippen LogP contribution < -0.4 is 5.56 Å². The number of aromatic nitrogens is 2. The molecule has 1 fully saturated rings. The summed E-state index contributed by atoms with van der Waals surface area (Å²) in [5, 5.41) is 1.33. The smallest absolute Gasteiger partial charge is 0.262 e. The number of thioether (sulfide) groups is 1.